The number of allylic oxidation sites excluding steroid dienone is 1. The summed E-state index contributed by atoms with van der Waals surface area (Å²) in [5.74, 6) is -0.835. The standard InChI is InChI=1S/C16H20ClNO3/c1-11(12-7-5-6-8-13(12)17)9-14(19)18-10-15(20)21-16(2,3)4/h5-9H,10H2,1-4H3,(H,18,19)/b11-9-. The van der Waals surface area contributed by atoms with E-state index in [0.29, 0.717) is 5.02 Å². The fraction of sp³-hybridized carbons (Fsp3) is 0.375. The topological polar surface area (TPSA) is 55.4 Å². The summed E-state index contributed by atoms with van der Waals surface area (Å²) in [5.41, 5.74) is 0.944. The zero-order valence-electron chi connectivity index (χ0n) is 12.7. The SMILES string of the molecule is C/C(=C/C(=O)NCC(=O)OC(C)(C)C)c1ccccc1Cl. The van der Waals surface area contributed by atoms with Gasteiger partial charge in [-0.15, -0.1) is 0 Å². The van der Waals surface area contributed by atoms with E-state index < -0.39 is 11.6 Å². The molecule has 1 rings (SSSR count). The van der Waals surface area contributed by atoms with E-state index in [1.54, 1.807) is 33.8 Å². The normalized spacial score (nSPS) is 12.0. The lowest BCUT2D eigenvalue weighted by Gasteiger charge is -2.19. The number of carbonyl (C=O) groups is 2. The summed E-state index contributed by atoms with van der Waals surface area (Å²) >= 11 is 6.06. The van der Waals surface area contributed by atoms with Crippen molar-refractivity contribution in [3.63, 3.8) is 0 Å². The highest BCUT2D eigenvalue weighted by atomic mass is 35.5. The van der Waals surface area contributed by atoms with E-state index in [1.165, 1.54) is 6.08 Å². The van der Waals surface area contributed by atoms with Gasteiger partial charge in [0.2, 0.25) is 5.91 Å². The van der Waals surface area contributed by atoms with Gasteiger partial charge >= 0.3 is 5.97 Å². The highest BCUT2D eigenvalue weighted by Crippen LogP contribution is 2.22. The van der Waals surface area contributed by atoms with E-state index >= 15 is 0 Å². The predicted octanol–water partition coefficient (Wildman–Crippen LogP) is 3.20. The van der Waals surface area contributed by atoms with Crippen molar-refractivity contribution >= 4 is 29.1 Å². The third-order valence-corrected chi connectivity index (χ3v) is 2.80. The Balaban J connectivity index is 2.59. The number of hydrogen-bond donors (Lipinski definition) is 1. The molecule has 1 aromatic rings. The smallest absolute Gasteiger partial charge is 0.325 e. The van der Waals surface area contributed by atoms with Crippen LogP contribution in [0.3, 0.4) is 0 Å². The maximum absolute atomic E-state index is 11.8. The van der Waals surface area contributed by atoms with Crippen LogP contribution < -0.4 is 5.32 Å². The number of halogens is 1. The van der Waals surface area contributed by atoms with Gasteiger partial charge in [-0.25, -0.2) is 0 Å². The highest BCUT2D eigenvalue weighted by Gasteiger charge is 2.16. The first kappa shape index (κ1) is 17.2. The molecule has 0 unspecified atom stereocenters. The Morgan fingerprint density at radius 1 is 1.29 bits per heavy atom. The van der Waals surface area contributed by atoms with E-state index in [-0.39, 0.29) is 12.5 Å². The average molecular weight is 310 g/mol. The zero-order valence-corrected chi connectivity index (χ0v) is 13.5. The summed E-state index contributed by atoms with van der Waals surface area (Å²) < 4.78 is 5.10. The first-order valence-electron chi connectivity index (χ1n) is 6.62. The molecule has 0 aliphatic rings. The second kappa shape index (κ2) is 7.27. The van der Waals surface area contributed by atoms with Gasteiger partial charge in [0.1, 0.15) is 12.1 Å². The summed E-state index contributed by atoms with van der Waals surface area (Å²) in [5, 5.41) is 3.07. The number of esters is 1. The Kier molecular flexibility index (Phi) is 5.97. The van der Waals surface area contributed by atoms with Crippen molar-refractivity contribution in [2.75, 3.05) is 6.54 Å². The Morgan fingerprint density at radius 2 is 1.90 bits per heavy atom. The molecule has 0 aromatic heterocycles. The minimum atomic E-state index is -0.564. The molecule has 1 aromatic carbocycles. The molecule has 1 N–H and O–H groups in total. The third kappa shape index (κ3) is 6.45. The van der Waals surface area contributed by atoms with E-state index in [1.807, 2.05) is 18.2 Å². The molecular weight excluding hydrogens is 290 g/mol. The molecule has 4 nitrogen and oxygen atoms in total. The van der Waals surface area contributed by atoms with Gasteiger partial charge in [0.25, 0.3) is 0 Å². The molecule has 21 heavy (non-hydrogen) atoms. The van der Waals surface area contributed by atoms with Crippen molar-refractivity contribution in [3.05, 3.63) is 40.9 Å². The fourth-order valence-electron chi connectivity index (χ4n) is 1.64. The first-order chi connectivity index (χ1) is 9.69. The molecule has 0 saturated carbocycles. The minimum absolute atomic E-state index is 0.164. The van der Waals surface area contributed by atoms with Crippen LogP contribution in [-0.2, 0) is 14.3 Å². The number of benzene rings is 1. The molecule has 0 spiro atoms. The molecule has 0 atom stereocenters. The molecule has 5 heteroatoms. The summed E-state index contributed by atoms with van der Waals surface area (Å²) in [6, 6.07) is 7.25. The summed E-state index contributed by atoms with van der Waals surface area (Å²) in [4.78, 5) is 23.3. The fourth-order valence-corrected chi connectivity index (χ4v) is 1.93. The van der Waals surface area contributed by atoms with Crippen LogP contribution >= 0.6 is 11.6 Å². The van der Waals surface area contributed by atoms with Crippen LogP contribution in [0, 0.1) is 0 Å². The number of rotatable bonds is 4. The summed E-state index contributed by atoms with van der Waals surface area (Å²) in [6.07, 6.45) is 1.41. The van der Waals surface area contributed by atoms with Gasteiger partial charge in [0.05, 0.1) is 0 Å². The Morgan fingerprint density at radius 3 is 2.48 bits per heavy atom. The second-order valence-electron chi connectivity index (χ2n) is 5.61. The van der Waals surface area contributed by atoms with Gasteiger partial charge in [-0.05, 0) is 44.9 Å². The van der Waals surface area contributed by atoms with Crippen LogP contribution in [-0.4, -0.2) is 24.0 Å². The van der Waals surface area contributed by atoms with Gasteiger partial charge in [-0.2, -0.15) is 0 Å². The number of hydrogen-bond acceptors (Lipinski definition) is 3. The van der Waals surface area contributed by atoms with Crippen LogP contribution in [0.2, 0.25) is 5.02 Å². The van der Waals surface area contributed by atoms with Gasteiger partial charge in [-0.1, -0.05) is 29.8 Å². The number of carbonyl (C=O) groups excluding carboxylic acids is 2. The van der Waals surface area contributed by atoms with Gasteiger partial charge in [0.15, 0.2) is 0 Å². The van der Waals surface area contributed by atoms with Gasteiger partial charge in [0, 0.05) is 11.1 Å². The van der Waals surface area contributed by atoms with Crippen LogP contribution in [0.15, 0.2) is 30.3 Å². The average Bonchev–Trinajstić information content (AvgIpc) is 2.34. The van der Waals surface area contributed by atoms with Crippen molar-refractivity contribution in [3.8, 4) is 0 Å². The number of nitrogens with one attached hydrogen (secondary N) is 1. The van der Waals surface area contributed by atoms with Crippen LogP contribution in [0.25, 0.3) is 5.57 Å². The molecule has 0 bridgehead atoms. The van der Waals surface area contributed by atoms with Crippen LogP contribution in [0.4, 0.5) is 0 Å². The second-order valence-corrected chi connectivity index (χ2v) is 6.02. The van der Waals surface area contributed by atoms with Crippen molar-refractivity contribution < 1.29 is 14.3 Å². The quantitative estimate of drug-likeness (QED) is 0.686. The van der Waals surface area contributed by atoms with Crippen molar-refractivity contribution in [2.45, 2.75) is 33.3 Å². The monoisotopic (exact) mass is 309 g/mol. The van der Waals surface area contributed by atoms with E-state index in [9.17, 15) is 9.59 Å². The maximum atomic E-state index is 11.8. The van der Waals surface area contributed by atoms with Crippen LogP contribution in [0.5, 0.6) is 0 Å². The Bertz CT molecular complexity index is 559. The lowest BCUT2D eigenvalue weighted by molar-refractivity contribution is -0.154. The zero-order chi connectivity index (χ0) is 16.0. The number of amides is 1. The van der Waals surface area contributed by atoms with E-state index in [4.69, 9.17) is 16.3 Å². The molecule has 0 saturated heterocycles. The van der Waals surface area contributed by atoms with E-state index in [2.05, 4.69) is 5.32 Å². The summed E-state index contributed by atoms with van der Waals surface area (Å²) in [7, 11) is 0. The minimum Gasteiger partial charge on any atom is -0.459 e. The third-order valence-electron chi connectivity index (χ3n) is 2.47. The number of ether oxygens (including phenoxy) is 1. The highest BCUT2D eigenvalue weighted by molar-refractivity contribution is 6.32. The molecule has 0 aliphatic carbocycles. The molecule has 0 aliphatic heterocycles. The lowest BCUT2D eigenvalue weighted by Crippen LogP contribution is -2.33. The largest absolute Gasteiger partial charge is 0.459 e. The lowest BCUT2D eigenvalue weighted by atomic mass is 10.1. The molecule has 0 fully saturated rings. The molecule has 1 amide bonds. The molecule has 114 valence electrons. The van der Waals surface area contributed by atoms with Crippen molar-refractivity contribution in [2.24, 2.45) is 0 Å². The van der Waals surface area contributed by atoms with E-state index in [0.717, 1.165) is 11.1 Å². The van der Waals surface area contributed by atoms with Crippen LogP contribution in [0.1, 0.15) is 33.3 Å². The Hall–Kier alpha value is -1.81. The van der Waals surface area contributed by atoms with Crippen molar-refractivity contribution in [1.82, 2.24) is 5.32 Å². The maximum Gasteiger partial charge on any atom is 0.325 e. The molecular formula is C16H20ClNO3. The van der Waals surface area contributed by atoms with Gasteiger partial charge < -0.3 is 10.1 Å². The van der Waals surface area contributed by atoms with Gasteiger partial charge in [-0.3, -0.25) is 9.59 Å². The Labute approximate surface area is 130 Å². The summed E-state index contributed by atoms with van der Waals surface area (Å²) in [6.45, 7) is 6.94. The predicted molar refractivity (Wildman–Crippen MR) is 84.0 cm³/mol. The first-order valence-corrected chi connectivity index (χ1v) is 7.00. The van der Waals surface area contributed by atoms with Crippen molar-refractivity contribution in [1.29, 1.82) is 0 Å². The molecule has 0 heterocycles. The molecule has 0 radical (unpaired) electrons.